The fourth-order valence-corrected chi connectivity index (χ4v) is 2.76. The minimum Gasteiger partial charge on any atom is -0.479 e. The number of halogens is 1. The molecule has 0 fully saturated rings. The lowest BCUT2D eigenvalue weighted by Crippen LogP contribution is -2.37. The molecule has 1 aliphatic carbocycles. The number of hydrogen-bond donors (Lipinski definition) is 2. The SMILES string of the molecule is O=C(O)C1(OCCCO)CCc2cc(Br)ccc21. The second-order valence-electron chi connectivity index (χ2n) is 4.36. The zero-order chi connectivity index (χ0) is 13.2. The number of aliphatic carboxylic acids is 1. The summed E-state index contributed by atoms with van der Waals surface area (Å²) in [5.74, 6) is -0.957. The number of carboxylic acid groups (broad SMARTS) is 1. The second kappa shape index (κ2) is 5.38. The Morgan fingerprint density at radius 1 is 1.50 bits per heavy atom. The van der Waals surface area contributed by atoms with Crippen LogP contribution in [0.25, 0.3) is 0 Å². The first-order chi connectivity index (χ1) is 8.60. The Balaban J connectivity index is 2.31. The molecule has 0 saturated carbocycles. The molecular weight excluding hydrogens is 300 g/mol. The molecule has 1 unspecified atom stereocenters. The van der Waals surface area contributed by atoms with Gasteiger partial charge >= 0.3 is 5.97 Å². The van der Waals surface area contributed by atoms with Gasteiger partial charge in [-0.25, -0.2) is 4.79 Å². The van der Waals surface area contributed by atoms with Gasteiger partial charge in [0.2, 0.25) is 0 Å². The van der Waals surface area contributed by atoms with E-state index in [0.29, 0.717) is 19.3 Å². The molecule has 5 heteroatoms. The maximum absolute atomic E-state index is 11.6. The molecule has 2 rings (SSSR count). The van der Waals surface area contributed by atoms with Crippen LogP contribution < -0.4 is 0 Å². The van der Waals surface area contributed by atoms with Crippen LogP contribution in [0.1, 0.15) is 24.0 Å². The van der Waals surface area contributed by atoms with E-state index in [1.165, 1.54) is 0 Å². The summed E-state index contributed by atoms with van der Waals surface area (Å²) in [5, 5.41) is 18.2. The van der Waals surface area contributed by atoms with Gasteiger partial charge in [0.1, 0.15) is 0 Å². The molecule has 4 nitrogen and oxygen atoms in total. The maximum atomic E-state index is 11.6. The number of aliphatic hydroxyl groups is 1. The summed E-state index contributed by atoms with van der Waals surface area (Å²) in [7, 11) is 0. The highest BCUT2D eigenvalue weighted by atomic mass is 79.9. The molecule has 0 heterocycles. The fraction of sp³-hybridized carbons (Fsp3) is 0.462. The first kappa shape index (κ1) is 13.5. The van der Waals surface area contributed by atoms with Crippen LogP contribution in [0.4, 0.5) is 0 Å². The molecule has 2 N–H and O–H groups in total. The molecule has 0 aliphatic heterocycles. The van der Waals surface area contributed by atoms with Crippen LogP contribution in [0, 0.1) is 0 Å². The molecule has 1 atom stereocenters. The number of aliphatic hydroxyl groups excluding tert-OH is 1. The van der Waals surface area contributed by atoms with E-state index in [0.717, 1.165) is 15.6 Å². The molecule has 0 radical (unpaired) electrons. The van der Waals surface area contributed by atoms with Gasteiger partial charge in [0, 0.05) is 11.1 Å². The Morgan fingerprint density at radius 2 is 2.28 bits per heavy atom. The number of ether oxygens (including phenoxy) is 1. The van der Waals surface area contributed by atoms with Crippen LogP contribution >= 0.6 is 15.9 Å². The number of rotatable bonds is 5. The van der Waals surface area contributed by atoms with Crippen molar-refractivity contribution < 1.29 is 19.7 Å². The van der Waals surface area contributed by atoms with Crippen molar-refractivity contribution in [2.24, 2.45) is 0 Å². The fourth-order valence-electron chi connectivity index (χ4n) is 2.35. The van der Waals surface area contributed by atoms with Crippen LogP contribution in [-0.4, -0.2) is 29.4 Å². The normalized spacial score (nSPS) is 21.9. The Kier molecular flexibility index (Phi) is 4.04. The maximum Gasteiger partial charge on any atom is 0.340 e. The predicted molar refractivity (Wildman–Crippen MR) is 69.4 cm³/mol. The van der Waals surface area contributed by atoms with Crippen molar-refractivity contribution in [3.63, 3.8) is 0 Å². The standard InChI is InChI=1S/C13H15BrO4/c14-10-2-3-11-9(8-10)4-5-13(11,12(16)17)18-7-1-6-15/h2-3,8,15H,1,4-7H2,(H,16,17). The number of carboxylic acids is 1. The summed E-state index contributed by atoms with van der Waals surface area (Å²) >= 11 is 3.38. The highest BCUT2D eigenvalue weighted by molar-refractivity contribution is 9.10. The van der Waals surface area contributed by atoms with Gasteiger partial charge < -0.3 is 14.9 Å². The highest BCUT2D eigenvalue weighted by Gasteiger charge is 2.46. The zero-order valence-corrected chi connectivity index (χ0v) is 11.4. The minimum atomic E-state index is -1.24. The summed E-state index contributed by atoms with van der Waals surface area (Å²) in [6.45, 7) is 0.251. The van der Waals surface area contributed by atoms with E-state index in [1.807, 2.05) is 12.1 Å². The molecule has 1 aromatic carbocycles. The van der Waals surface area contributed by atoms with Crippen LogP contribution in [-0.2, 0) is 21.6 Å². The van der Waals surface area contributed by atoms with E-state index in [2.05, 4.69) is 15.9 Å². The molecule has 0 amide bonds. The van der Waals surface area contributed by atoms with Crippen molar-refractivity contribution >= 4 is 21.9 Å². The number of carbonyl (C=O) groups is 1. The summed E-state index contributed by atoms with van der Waals surface area (Å²) in [6.07, 6.45) is 1.58. The quantitative estimate of drug-likeness (QED) is 0.817. The smallest absolute Gasteiger partial charge is 0.340 e. The topological polar surface area (TPSA) is 66.8 Å². The van der Waals surface area contributed by atoms with E-state index in [1.54, 1.807) is 6.07 Å². The number of aryl methyl sites for hydroxylation is 1. The van der Waals surface area contributed by atoms with Crippen molar-refractivity contribution in [3.05, 3.63) is 33.8 Å². The molecular formula is C13H15BrO4. The molecule has 0 aromatic heterocycles. The van der Waals surface area contributed by atoms with Crippen molar-refractivity contribution in [2.45, 2.75) is 24.9 Å². The van der Waals surface area contributed by atoms with Crippen molar-refractivity contribution in [3.8, 4) is 0 Å². The summed E-state index contributed by atoms with van der Waals surface area (Å²) < 4.78 is 6.53. The number of hydrogen-bond acceptors (Lipinski definition) is 3. The minimum absolute atomic E-state index is 0.00287. The van der Waals surface area contributed by atoms with E-state index >= 15 is 0 Å². The van der Waals surface area contributed by atoms with E-state index < -0.39 is 11.6 Å². The first-order valence-electron chi connectivity index (χ1n) is 5.87. The third-order valence-corrected chi connectivity index (χ3v) is 3.74. The average Bonchev–Trinajstić information content (AvgIpc) is 2.69. The molecule has 0 spiro atoms. The van der Waals surface area contributed by atoms with Crippen LogP contribution in [0.2, 0.25) is 0 Å². The van der Waals surface area contributed by atoms with Crippen molar-refractivity contribution in [1.82, 2.24) is 0 Å². The van der Waals surface area contributed by atoms with Crippen molar-refractivity contribution in [1.29, 1.82) is 0 Å². The lowest BCUT2D eigenvalue weighted by atomic mass is 9.96. The number of benzene rings is 1. The van der Waals surface area contributed by atoms with Gasteiger partial charge in [-0.3, -0.25) is 0 Å². The van der Waals surface area contributed by atoms with Gasteiger partial charge in [-0.15, -0.1) is 0 Å². The first-order valence-corrected chi connectivity index (χ1v) is 6.66. The zero-order valence-electron chi connectivity index (χ0n) is 9.86. The van der Waals surface area contributed by atoms with Crippen molar-refractivity contribution in [2.75, 3.05) is 13.2 Å². The Morgan fingerprint density at radius 3 is 2.94 bits per heavy atom. The van der Waals surface area contributed by atoms with Gasteiger partial charge in [-0.05, 0) is 42.5 Å². The van der Waals surface area contributed by atoms with Crippen LogP contribution in [0.5, 0.6) is 0 Å². The Hall–Kier alpha value is -0.910. The molecule has 0 bridgehead atoms. The third kappa shape index (κ3) is 2.30. The van der Waals surface area contributed by atoms with Gasteiger partial charge in [0.05, 0.1) is 6.61 Å². The van der Waals surface area contributed by atoms with E-state index in [-0.39, 0.29) is 13.2 Å². The van der Waals surface area contributed by atoms with Gasteiger partial charge in [0.15, 0.2) is 5.60 Å². The van der Waals surface area contributed by atoms with Crippen LogP contribution in [0.3, 0.4) is 0 Å². The Labute approximate surface area is 114 Å². The lowest BCUT2D eigenvalue weighted by Gasteiger charge is -2.26. The van der Waals surface area contributed by atoms with Gasteiger partial charge in [-0.1, -0.05) is 22.0 Å². The van der Waals surface area contributed by atoms with E-state index in [4.69, 9.17) is 9.84 Å². The molecule has 98 valence electrons. The van der Waals surface area contributed by atoms with E-state index in [9.17, 15) is 9.90 Å². The summed E-state index contributed by atoms with van der Waals surface area (Å²) in [4.78, 5) is 11.6. The predicted octanol–water partition coefficient (Wildman–Crippen LogP) is 2.07. The summed E-state index contributed by atoms with van der Waals surface area (Å²) in [5.41, 5.74) is 0.498. The molecule has 18 heavy (non-hydrogen) atoms. The second-order valence-corrected chi connectivity index (χ2v) is 5.27. The summed E-state index contributed by atoms with van der Waals surface area (Å²) in [6, 6.07) is 5.58. The largest absolute Gasteiger partial charge is 0.479 e. The van der Waals surface area contributed by atoms with Gasteiger partial charge in [-0.2, -0.15) is 0 Å². The third-order valence-electron chi connectivity index (χ3n) is 3.25. The van der Waals surface area contributed by atoms with Gasteiger partial charge in [0.25, 0.3) is 0 Å². The highest BCUT2D eigenvalue weighted by Crippen LogP contribution is 2.41. The molecule has 0 saturated heterocycles. The lowest BCUT2D eigenvalue weighted by molar-refractivity contribution is -0.168. The Bertz CT molecular complexity index is 460. The van der Waals surface area contributed by atoms with Crippen LogP contribution in [0.15, 0.2) is 22.7 Å². The molecule has 1 aliphatic rings. The monoisotopic (exact) mass is 314 g/mol. The number of fused-ring (bicyclic) bond motifs is 1. The average molecular weight is 315 g/mol. The molecule has 1 aromatic rings.